The van der Waals surface area contributed by atoms with E-state index in [2.05, 4.69) is 20.7 Å². The molecule has 0 radical (unpaired) electrons. The first-order chi connectivity index (χ1) is 13.8. The highest BCUT2D eigenvalue weighted by atomic mass is 16.2. The molecule has 2 N–H and O–H groups in total. The molecule has 156 valence electrons. The van der Waals surface area contributed by atoms with Crippen LogP contribution in [0, 0.1) is 5.92 Å². The molecule has 0 unspecified atom stereocenters. The molecule has 1 aromatic heterocycles. The number of piperidine rings is 1. The second-order valence-electron chi connectivity index (χ2n) is 7.94. The Labute approximate surface area is 171 Å². The predicted octanol–water partition coefficient (Wildman–Crippen LogP) is 2.15. The van der Waals surface area contributed by atoms with Crippen molar-refractivity contribution in [3.05, 3.63) is 41.2 Å². The van der Waals surface area contributed by atoms with Crippen LogP contribution in [0.25, 0.3) is 0 Å². The fraction of sp³-hybridized carbons (Fsp3) is 0.524. The average Bonchev–Trinajstić information content (AvgIpc) is 3.08. The van der Waals surface area contributed by atoms with Crippen LogP contribution in [-0.2, 0) is 18.4 Å². The van der Waals surface area contributed by atoms with Gasteiger partial charge in [0.05, 0.1) is 0 Å². The Morgan fingerprint density at radius 2 is 1.90 bits per heavy atom. The number of hydrogen-bond donors (Lipinski definition) is 2. The van der Waals surface area contributed by atoms with E-state index in [1.165, 1.54) is 0 Å². The van der Waals surface area contributed by atoms with E-state index in [1.807, 2.05) is 26.0 Å². The highest BCUT2D eigenvalue weighted by molar-refractivity contribution is 6.03. The maximum absolute atomic E-state index is 12.6. The van der Waals surface area contributed by atoms with Crippen LogP contribution in [0.5, 0.6) is 0 Å². The molecule has 0 spiro atoms. The van der Waals surface area contributed by atoms with Crippen LogP contribution in [0.4, 0.5) is 5.95 Å². The lowest BCUT2D eigenvalue weighted by Gasteiger charge is -2.19. The van der Waals surface area contributed by atoms with Gasteiger partial charge in [-0.05, 0) is 43.6 Å². The molecule has 1 aliphatic heterocycles. The molecule has 3 rings (SSSR count). The van der Waals surface area contributed by atoms with Crippen molar-refractivity contribution in [1.82, 2.24) is 25.0 Å². The van der Waals surface area contributed by atoms with Gasteiger partial charge in [0.2, 0.25) is 11.9 Å². The molecule has 1 fully saturated rings. The molecule has 8 nitrogen and oxygen atoms in total. The number of hydrogen-bond acceptors (Lipinski definition) is 5. The van der Waals surface area contributed by atoms with Crippen LogP contribution >= 0.6 is 0 Å². The Balaban J connectivity index is 1.62. The molecule has 2 aromatic rings. The lowest BCUT2D eigenvalue weighted by Crippen LogP contribution is -2.29. The van der Waals surface area contributed by atoms with E-state index in [4.69, 9.17) is 0 Å². The highest BCUT2D eigenvalue weighted by Crippen LogP contribution is 2.23. The van der Waals surface area contributed by atoms with Crippen LogP contribution in [-0.4, -0.2) is 51.6 Å². The first-order valence-electron chi connectivity index (χ1n) is 10.1. The molecule has 8 heteroatoms. The summed E-state index contributed by atoms with van der Waals surface area (Å²) >= 11 is 0. The Hall–Kier alpha value is -2.74. The Kier molecular flexibility index (Phi) is 6.64. The standard InChI is InChI=1S/C21H30N6O2/c1-14(2)20(29)26(3)13-15-5-7-17(8-6-15)19(28)24-21-23-18(25-27(21)4)16-9-11-22-12-10-16/h5-8,14,16,22H,9-13H2,1-4H3,(H,23,24,25,28). The Bertz CT molecular complexity index is 853. The fourth-order valence-corrected chi connectivity index (χ4v) is 3.49. The zero-order chi connectivity index (χ0) is 21.0. The van der Waals surface area contributed by atoms with Crippen molar-refractivity contribution < 1.29 is 9.59 Å². The minimum absolute atomic E-state index is 0.0359. The molecule has 0 bridgehead atoms. The molecule has 2 heterocycles. The minimum Gasteiger partial charge on any atom is -0.341 e. The smallest absolute Gasteiger partial charge is 0.258 e. The van der Waals surface area contributed by atoms with Crippen molar-refractivity contribution in [2.45, 2.75) is 39.2 Å². The molecule has 2 amide bonds. The average molecular weight is 399 g/mol. The van der Waals surface area contributed by atoms with Crippen molar-refractivity contribution >= 4 is 17.8 Å². The van der Waals surface area contributed by atoms with Gasteiger partial charge in [0.15, 0.2) is 5.82 Å². The number of aromatic nitrogens is 3. The topological polar surface area (TPSA) is 92.2 Å². The number of carbonyl (C=O) groups excluding carboxylic acids is 2. The third-order valence-corrected chi connectivity index (χ3v) is 5.22. The summed E-state index contributed by atoms with van der Waals surface area (Å²) in [5.41, 5.74) is 1.52. The van der Waals surface area contributed by atoms with Gasteiger partial charge in [-0.3, -0.25) is 14.9 Å². The largest absolute Gasteiger partial charge is 0.341 e. The number of anilines is 1. The molecule has 1 aromatic carbocycles. The van der Waals surface area contributed by atoms with E-state index in [9.17, 15) is 9.59 Å². The highest BCUT2D eigenvalue weighted by Gasteiger charge is 2.21. The summed E-state index contributed by atoms with van der Waals surface area (Å²) < 4.78 is 1.62. The predicted molar refractivity (Wildman–Crippen MR) is 112 cm³/mol. The van der Waals surface area contributed by atoms with E-state index in [0.717, 1.165) is 37.3 Å². The van der Waals surface area contributed by atoms with Crippen LogP contribution in [0.2, 0.25) is 0 Å². The third kappa shape index (κ3) is 5.20. The molecule has 0 saturated carbocycles. The minimum atomic E-state index is -0.226. The third-order valence-electron chi connectivity index (χ3n) is 5.22. The summed E-state index contributed by atoms with van der Waals surface area (Å²) in [5, 5.41) is 10.7. The summed E-state index contributed by atoms with van der Waals surface area (Å²) in [5.74, 6) is 1.41. The first kappa shape index (κ1) is 21.0. The number of rotatable bonds is 6. The summed E-state index contributed by atoms with van der Waals surface area (Å²) in [6.07, 6.45) is 2.01. The van der Waals surface area contributed by atoms with E-state index in [-0.39, 0.29) is 17.7 Å². The van der Waals surface area contributed by atoms with Gasteiger partial charge in [0, 0.05) is 38.0 Å². The lowest BCUT2D eigenvalue weighted by molar-refractivity contribution is -0.133. The van der Waals surface area contributed by atoms with Gasteiger partial charge in [-0.15, -0.1) is 0 Å². The van der Waals surface area contributed by atoms with Gasteiger partial charge in [0.25, 0.3) is 5.91 Å². The molecule has 0 atom stereocenters. The van der Waals surface area contributed by atoms with Gasteiger partial charge >= 0.3 is 0 Å². The maximum Gasteiger partial charge on any atom is 0.258 e. The van der Waals surface area contributed by atoms with Gasteiger partial charge in [-0.1, -0.05) is 26.0 Å². The van der Waals surface area contributed by atoms with Gasteiger partial charge in [-0.25, -0.2) is 4.68 Å². The van der Waals surface area contributed by atoms with Crippen molar-refractivity contribution in [2.24, 2.45) is 13.0 Å². The molecule has 1 saturated heterocycles. The summed E-state index contributed by atoms with van der Waals surface area (Å²) in [7, 11) is 3.58. The molecule has 29 heavy (non-hydrogen) atoms. The number of benzene rings is 1. The van der Waals surface area contributed by atoms with E-state index in [0.29, 0.717) is 24.0 Å². The van der Waals surface area contributed by atoms with E-state index >= 15 is 0 Å². The summed E-state index contributed by atoms with van der Waals surface area (Å²) in [4.78, 5) is 30.9. The Morgan fingerprint density at radius 1 is 1.24 bits per heavy atom. The van der Waals surface area contributed by atoms with Crippen LogP contribution in [0.1, 0.15) is 54.4 Å². The summed E-state index contributed by atoms with van der Waals surface area (Å²) in [6, 6.07) is 7.27. The monoisotopic (exact) mass is 398 g/mol. The second kappa shape index (κ2) is 9.17. The van der Waals surface area contributed by atoms with Crippen LogP contribution < -0.4 is 10.6 Å². The van der Waals surface area contributed by atoms with Crippen LogP contribution in [0.15, 0.2) is 24.3 Å². The van der Waals surface area contributed by atoms with Gasteiger partial charge in [-0.2, -0.15) is 10.1 Å². The van der Waals surface area contributed by atoms with Crippen molar-refractivity contribution in [3.8, 4) is 0 Å². The molecule has 0 aliphatic carbocycles. The number of amides is 2. The van der Waals surface area contributed by atoms with E-state index in [1.54, 1.807) is 35.8 Å². The number of nitrogens with one attached hydrogen (secondary N) is 2. The zero-order valence-corrected chi connectivity index (χ0v) is 17.6. The fourth-order valence-electron chi connectivity index (χ4n) is 3.49. The van der Waals surface area contributed by atoms with Crippen molar-refractivity contribution in [1.29, 1.82) is 0 Å². The van der Waals surface area contributed by atoms with Gasteiger partial charge < -0.3 is 10.2 Å². The maximum atomic E-state index is 12.6. The van der Waals surface area contributed by atoms with Gasteiger partial charge in [0.1, 0.15) is 0 Å². The number of nitrogens with zero attached hydrogens (tertiary/aromatic N) is 4. The quantitative estimate of drug-likeness (QED) is 0.778. The second-order valence-corrected chi connectivity index (χ2v) is 7.94. The molecule has 1 aliphatic rings. The molecular weight excluding hydrogens is 368 g/mol. The normalized spacial score (nSPS) is 14.8. The van der Waals surface area contributed by atoms with Crippen molar-refractivity contribution in [2.75, 3.05) is 25.5 Å². The number of carbonyl (C=O) groups is 2. The lowest BCUT2D eigenvalue weighted by atomic mass is 9.98. The van der Waals surface area contributed by atoms with Crippen molar-refractivity contribution in [3.63, 3.8) is 0 Å². The summed E-state index contributed by atoms with van der Waals surface area (Å²) in [6.45, 7) is 6.22. The first-order valence-corrected chi connectivity index (χ1v) is 10.1. The molecular formula is C21H30N6O2. The number of aryl methyl sites for hydroxylation is 1. The SMILES string of the molecule is CC(C)C(=O)N(C)Cc1ccc(C(=O)Nc2nc(C3CCNCC3)nn2C)cc1. The zero-order valence-electron chi connectivity index (χ0n) is 17.6. The van der Waals surface area contributed by atoms with Crippen LogP contribution in [0.3, 0.4) is 0 Å². The van der Waals surface area contributed by atoms with E-state index < -0.39 is 0 Å². The Morgan fingerprint density at radius 3 is 2.52 bits per heavy atom.